The zero-order valence-electron chi connectivity index (χ0n) is 7.42. The number of nitrogens with zero attached hydrogens (tertiary/aromatic N) is 2. The Bertz CT molecular complexity index is 115. The van der Waals surface area contributed by atoms with E-state index in [2.05, 4.69) is 23.5 Å². The lowest BCUT2D eigenvalue weighted by Crippen LogP contribution is -2.34. The van der Waals surface area contributed by atoms with Crippen molar-refractivity contribution in [3.8, 4) is 0 Å². The van der Waals surface area contributed by atoms with Gasteiger partial charge in [0.15, 0.2) is 0 Å². The average molecular weight is 154 g/mol. The number of likely N-dealkylation sites (tertiary alicyclic amines) is 1. The Kier molecular flexibility index (Phi) is 3.57. The highest BCUT2D eigenvalue weighted by molar-refractivity contribution is 5.23. The SMILES string of the molecule is C=NCCN1CCC(C)CC1. The van der Waals surface area contributed by atoms with Crippen LogP contribution in [0.1, 0.15) is 19.8 Å². The molecule has 0 bridgehead atoms. The monoisotopic (exact) mass is 154 g/mol. The summed E-state index contributed by atoms with van der Waals surface area (Å²) in [5.41, 5.74) is 0. The van der Waals surface area contributed by atoms with Gasteiger partial charge in [0, 0.05) is 6.54 Å². The van der Waals surface area contributed by atoms with E-state index in [4.69, 9.17) is 0 Å². The summed E-state index contributed by atoms with van der Waals surface area (Å²) in [6.07, 6.45) is 2.72. The van der Waals surface area contributed by atoms with Gasteiger partial charge in [-0.25, -0.2) is 0 Å². The predicted molar refractivity (Wildman–Crippen MR) is 49.3 cm³/mol. The first-order valence-corrected chi connectivity index (χ1v) is 4.47. The molecule has 64 valence electrons. The molecular weight excluding hydrogens is 136 g/mol. The van der Waals surface area contributed by atoms with E-state index in [0.29, 0.717) is 0 Å². The largest absolute Gasteiger partial charge is 0.301 e. The summed E-state index contributed by atoms with van der Waals surface area (Å²) in [4.78, 5) is 6.34. The maximum Gasteiger partial charge on any atom is 0.0509 e. The minimum Gasteiger partial charge on any atom is -0.301 e. The first kappa shape index (κ1) is 8.72. The minimum atomic E-state index is 0.897. The van der Waals surface area contributed by atoms with E-state index >= 15 is 0 Å². The molecule has 0 aromatic carbocycles. The van der Waals surface area contributed by atoms with E-state index in [0.717, 1.165) is 19.0 Å². The van der Waals surface area contributed by atoms with Crippen molar-refractivity contribution < 1.29 is 0 Å². The van der Waals surface area contributed by atoms with Gasteiger partial charge in [-0.15, -0.1) is 0 Å². The molecular formula is C9H18N2. The Labute approximate surface area is 69.3 Å². The van der Waals surface area contributed by atoms with E-state index in [-0.39, 0.29) is 0 Å². The summed E-state index contributed by atoms with van der Waals surface area (Å²) in [7, 11) is 0. The summed E-state index contributed by atoms with van der Waals surface area (Å²) in [6, 6.07) is 0. The summed E-state index contributed by atoms with van der Waals surface area (Å²) >= 11 is 0. The molecule has 2 heteroatoms. The smallest absolute Gasteiger partial charge is 0.0509 e. The highest BCUT2D eigenvalue weighted by atomic mass is 15.1. The molecule has 0 aromatic heterocycles. The Morgan fingerprint density at radius 1 is 1.45 bits per heavy atom. The van der Waals surface area contributed by atoms with Gasteiger partial charge in [0.2, 0.25) is 0 Å². The second kappa shape index (κ2) is 4.50. The number of hydrogen-bond acceptors (Lipinski definition) is 2. The highest BCUT2D eigenvalue weighted by Crippen LogP contribution is 2.15. The molecule has 0 radical (unpaired) electrons. The van der Waals surface area contributed by atoms with E-state index < -0.39 is 0 Å². The van der Waals surface area contributed by atoms with E-state index in [1.807, 2.05) is 0 Å². The quantitative estimate of drug-likeness (QED) is 0.561. The van der Waals surface area contributed by atoms with Crippen LogP contribution in [0.15, 0.2) is 4.99 Å². The molecule has 11 heavy (non-hydrogen) atoms. The molecule has 1 aliphatic rings. The van der Waals surface area contributed by atoms with Crippen LogP contribution in [0.25, 0.3) is 0 Å². The Hall–Kier alpha value is -0.370. The molecule has 0 unspecified atom stereocenters. The fraction of sp³-hybridized carbons (Fsp3) is 0.889. The third kappa shape index (κ3) is 3.02. The van der Waals surface area contributed by atoms with Gasteiger partial charge in [-0.05, 0) is 38.6 Å². The Morgan fingerprint density at radius 2 is 2.09 bits per heavy atom. The summed E-state index contributed by atoms with van der Waals surface area (Å²) in [5, 5.41) is 0. The van der Waals surface area contributed by atoms with Crippen LogP contribution in [-0.4, -0.2) is 37.8 Å². The lowest BCUT2D eigenvalue weighted by molar-refractivity contribution is 0.197. The Balaban J connectivity index is 2.12. The van der Waals surface area contributed by atoms with Crippen LogP contribution < -0.4 is 0 Å². The predicted octanol–water partition coefficient (Wildman–Crippen LogP) is 1.42. The van der Waals surface area contributed by atoms with Crippen LogP contribution in [0.4, 0.5) is 0 Å². The molecule has 0 aromatic rings. The molecule has 0 aliphatic carbocycles. The molecule has 0 amide bonds. The molecule has 1 rings (SSSR count). The van der Waals surface area contributed by atoms with Crippen LogP contribution in [0.2, 0.25) is 0 Å². The summed E-state index contributed by atoms with van der Waals surface area (Å²) < 4.78 is 0. The zero-order valence-corrected chi connectivity index (χ0v) is 7.42. The van der Waals surface area contributed by atoms with Crippen molar-refractivity contribution >= 4 is 6.72 Å². The maximum absolute atomic E-state index is 3.86. The third-order valence-electron chi connectivity index (χ3n) is 2.45. The molecule has 0 spiro atoms. The standard InChI is InChI=1S/C9H18N2/c1-9-3-6-11(7-4-9)8-5-10-2/h9H,2-8H2,1H3. The molecule has 1 fully saturated rings. The number of aliphatic imine (C=N–C) groups is 1. The van der Waals surface area contributed by atoms with E-state index in [1.165, 1.54) is 25.9 Å². The minimum absolute atomic E-state index is 0.897. The summed E-state index contributed by atoms with van der Waals surface area (Å²) in [6.45, 7) is 10.3. The zero-order chi connectivity index (χ0) is 8.10. The van der Waals surface area contributed by atoms with Gasteiger partial charge in [-0.3, -0.25) is 4.99 Å². The molecule has 0 saturated carbocycles. The van der Waals surface area contributed by atoms with Crippen LogP contribution in [0, 0.1) is 5.92 Å². The number of hydrogen-bond donors (Lipinski definition) is 0. The first-order valence-electron chi connectivity index (χ1n) is 4.47. The molecule has 0 N–H and O–H groups in total. The van der Waals surface area contributed by atoms with Crippen LogP contribution in [-0.2, 0) is 0 Å². The van der Waals surface area contributed by atoms with Crippen molar-refractivity contribution in [1.29, 1.82) is 0 Å². The molecule has 1 heterocycles. The first-order chi connectivity index (χ1) is 5.33. The van der Waals surface area contributed by atoms with Gasteiger partial charge in [0.25, 0.3) is 0 Å². The van der Waals surface area contributed by atoms with Crippen LogP contribution in [0.5, 0.6) is 0 Å². The van der Waals surface area contributed by atoms with Gasteiger partial charge >= 0.3 is 0 Å². The molecule has 1 saturated heterocycles. The van der Waals surface area contributed by atoms with E-state index in [9.17, 15) is 0 Å². The number of rotatable bonds is 3. The molecule has 2 nitrogen and oxygen atoms in total. The maximum atomic E-state index is 3.86. The second-order valence-corrected chi connectivity index (χ2v) is 3.47. The normalized spacial score (nSPS) is 21.9. The van der Waals surface area contributed by atoms with Gasteiger partial charge in [0.05, 0.1) is 6.54 Å². The van der Waals surface area contributed by atoms with Gasteiger partial charge in [-0.1, -0.05) is 6.92 Å². The van der Waals surface area contributed by atoms with Crippen molar-refractivity contribution in [2.75, 3.05) is 26.2 Å². The van der Waals surface area contributed by atoms with Gasteiger partial charge in [-0.2, -0.15) is 0 Å². The molecule has 1 aliphatic heterocycles. The average Bonchev–Trinajstić information content (AvgIpc) is 2.04. The van der Waals surface area contributed by atoms with Crippen molar-refractivity contribution in [1.82, 2.24) is 4.90 Å². The van der Waals surface area contributed by atoms with E-state index in [1.54, 1.807) is 0 Å². The summed E-state index contributed by atoms with van der Waals surface area (Å²) in [5.74, 6) is 0.933. The fourth-order valence-corrected chi connectivity index (χ4v) is 1.50. The molecule has 0 atom stereocenters. The highest BCUT2D eigenvalue weighted by Gasteiger charge is 2.14. The van der Waals surface area contributed by atoms with Crippen molar-refractivity contribution in [2.45, 2.75) is 19.8 Å². The fourth-order valence-electron chi connectivity index (χ4n) is 1.50. The third-order valence-corrected chi connectivity index (χ3v) is 2.45. The van der Waals surface area contributed by atoms with Crippen LogP contribution in [0.3, 0.4) is 0 Å². The Morgan fingerprint density at radius 3 is 2.64 bits per heavy atom. The van der Waals surface area contributed by atoms with Crippen molar-refractivity contribution in [3.05, 3.63) is 0 Å². The van der Waals surface area contributed by atoms with Crippen molar-refractivity contribution in [2.24, 2.45) is 10.9 Å². The second-order valence-electron chi connectivity index (χ2n) is 3.47. The van der Waals surface area contributed by atoms with Crippen molar-refractivity contribution in [3.63, 3.8) is 0 Å². The number of piperidine rings is 1. The van der Waals surface area contributed by atoms with Crippen LogP contribution >= 0.6 is 0 Å². The van der Waals surface area contributed by atoms with Gasteiger partial charge < -0.3 is 4.90 Å². The lowest BCUT2D eigenvalue weighted by atomic mass is 9.99. The van der Waals surface area contributed by atoms with Gasteiger partial charge in [0.1, 0.15) is 0 Å². The lowest BCUT2D eigenvalue weighted by Gasteiger charge is -2.29. The topological polar surface area (TPSA) is 15.6 Å².